The number of hydrogen-bond donors (Lipinski definition) is 3. The maximum absolute atomic E-state index is 12.4. The molecule has 2 heterocycles. The van der Waals surface area contributed by atoms with E-state index in [9.17, 15) is 9.90 Å². The van der Waals surface area contributed by atoms with E-state index in [0.717, 1.165) is 5.56 Å². The van der Waals surface area contributed by atoms with E-state index in [0.29, 0.717) is 24.8 Å². The van der Waals surface area contributed by atoms with Gasteiger partial charge in [0.05, 0.1) is 11.7 Å². The fraction of sp³-hybridized carbons (Fsp3) is 0.400. The first-order chi connectivity index (χ1) is 10.6. The quantitative estimate of drug-likeness (QED) is 0.770. The van der Waals surface area contributed by atoms with Gasteiger partial charge >= 0.3 is 0 Å². The number of aliphatic hydroxyl groups excluding tert-OH is 1. The van der Waals surface area contributed by atoms with Crippen LogP contribution < -0.4 is 11.1 Å². The highest BCUT2D eigenvalue weighted by Gasteiger charge is 2.35. The molecule has 0 aromatic carbocycles. The standard InChI is InChI=1S/C15H18N4O2S/c16-14-12(8-22-19-14)15(21)18-13(10-6-11(20)7-10)5-9-1-3-17-4-2-9/h1-4,8,10-11,13,20H,5-7H2,(H2,16,19)(H,18,21)/t10?,11?,13-/m0/s1. The number of hydrogen-bond acceptors (Lipinski definition) is 6. The summed E-state index contributed by atoms with van der Waals surface area (Å²) in [6, 6.07) is 3.85. The molecule has 3 rings (SSSR count). The van der Waals surface area contributed by atoms with Gasteiger partial charge in [0.25, 0.3) is 5.91 Å². The Morgan fingerprint density at radius 2 is 2.18 bits per heavy atom. The summed E-state index contributed by atoms with van der Waals surface area (Å²) in [5.41, 5.74) is 7.23. The number of nitrogen functional groups attached to an aromatic ring is 1. The van der Waals surface area contributed by atoms with Crippen molar-refractivity contribution in [3.8, 4) is 0 Å². The minimum absolute atomic E-state index is 0.0300. The molecule has 1 aliphatic rings. The summed E-state index contributed by atoms with van der Waals surface area (Å²) in [4.78, 5) is 16.4. The molecule has 4 N–H and O–H groups in total. The van der Waals surface area contributed by atoms with Crippen molar-refractivity contribution in [2.24, 2.45) is 5.92 Å². The molecule has 2 aromatic heterocycles. The van der Waals surface area contributed by atoms with Gasteiger partial charge in [-0.25, -0.2) is 0 Å². The smallest absolute Gasteiger partial charge is 0.256 e. The highest BCUT2D eigenvalue weighted by Crippen LogP contribution is 2.32. The molecule has 22 heavy (non-hydrogen) atoms. The fourth-order valence-electron chi connectivity index (χ4n) is 2.73. The molecule has 6 nitrogen and oxygen atoms in total. The third-order valence-corrected chi connectivity index (χ3v) is 4.73. The first-order valence-electron chi connectivity index (χ1n) is 7.21. The second-order valence-electron chi connectivity index (χ2n) is 5.64. The van der Waals surface area contributed by atoms with Gasteiger partial charge in [0.2, 0.25) is 0 Å². The zero-order chi connectivity index (χ0) is 15.5. The molecule has 7 heteroatoms. The molecule has 0 radical (unpaired) electrons. The van der Waals surface area contributed by atoms with Crippen molar-refractivity contribution in [1.29, 1.82) is 0 Å². The Morgan fingerprint density at radius 1 is 1.45 bits per heavy atom. The molecule has 2 aromatic rings. The van der Waals surface area contributed by atoms with Crippen molar-refractivity contribution >= 4 is 23.3 Å². The highest BCUT2D eigenvalue weighted by molar-refractivity contribution is 7.04. The second-order valence-corrected chi connectivity index (χ2v) is 6.27. The molecule has 0 aliphatic heterocycles. The summed E-state index contributed by atoms with van der Waals surface area (Å²) in [5.74, 6) is 0.338. The zero-order valence-corrected chi connectivity index (χ0v) is 12.8. The van der Waals surface area contributed by atoms with Crippen molar-refractivity contribution in [2.75, 3.05) is 5.73 Å². The maximum Gasteiger partial charge on any atom is 0.256 e. The highest BCUT2D eigenvalue weighted by atomic mass is 32.1. The number of carbonyl (C=O) groups is 1. The zero-order valence-electron chi connectivity index (χ0n) is 12.0. The van der Waals surface area contributed by atoms with Gasteiger partial charge in [-0.05, 0) is 54.4 Å². The van der Waals surface area contributed by atoms with Crippen LogP contribution in [0, 0.1) is 5.92 Å². The largest absolute Gasteiger partial charge is 0.393 e. The van der Waals surface area contributed by atoms with Crippen molar-refractivity contribution in [2.45, 2.75) is 31.4 Å². The number of nitrogens with two attached hydrogens (primary N) is 1. The molecular weight excluding hydrogens is 300 g/mol. The monoisotopic (exact) mass is 318 g/mol. The van der Waals surface area contributed by atoms with E-state index in [1.807, 2.05) is 12.1 Å². The SMILES string of the molecule is Nc1nscc1C(=O)N[C@@H](Cc1ccncc1)C1CC(O)C1. The Morgan fingerprint density at radius 3 is 2.77 bits per heavy atom. The van der Waals surface area contributed by atoms with Crippen LogP contribution in [0.4, 0.5) is 5.82 Å². The van der Waals surface area contributed by atoms with Gasteiger partial charge in [0.1, 0.15) is 5.82 Å². The Balaban J connectivity index is 1.71. The van der Waals surface area contributed by atoms with Crippen molar-refractivity contribution in [3.63, 3.8) is 0 Å². The lowest BCUT2D eigenvalue weighted by atomic mass is 9.75. The molecular formula is C15H18N4O2S. The normalized spacial score (nSPS) is 21.9. The lowest BCUT2D eigenvalue weighted by molar-refractivity contribution is 0.0239. The van der Waals surface area contributed by atoms with Crippen LogP contribution in [-0.2, 0) is 6.42 Å². The van der Waals surface area contributed by atoms with Gasteiger partial charge in [-0.15, -0.1) is 0 Å². The lowest BCUT2D eigenvalue weighted by Gasteiger charge is -2.38. The second kappa shape index (κ2) is 6.41. The van der Waals surface area contributed by atoms with E-state index in [-0.39, 0.29) is 29.8 Å². The van der Waals surface area contributed by atoms with E-state index < -0.39 is 0 Å². The Bertz CT molecular complexity index is 640. The molecule has 1 aliphatic carbocycles. The fourth-order valence-corrected chi connectivity index (χ4v) is 3.33. The summed E-state index contributed by atoms with van der Waals surface area (Å²) in [6.07, 6.45) is 5.37. The maximum atomic E-state index is 12.4. The number of anilines is 1. The summed E-state index contributed by atoms with van der Waals surface area (Å²) in [7, 11) is 0. The minimum atomic E-state index is -0.255. The van der Waals surface area contributed by atoms with Crippen LogP contribution >= 0.6 is 11.5 Å². The Kier molecular flexibility index (Phi) is 4.35. The van der Waals surface area contributed by atoms with E-state index in [1.54, 1.807) is 17.8 Å². The number of rotatable bonds is 5. The Labute approximate surface area is 132 Å². The van der Waals surface area contributed by atoms with Crippen LogP contribution in [0.2, 0.25) is 0 Å². The van der Waals surface area contributed by atoms with Crippen molar-refractivity contribution in [1.82, 2.24) is 14.7 Å². The first-order valence-corrected chi connectivity index (χ1v) is 8.05. The number of nitrogens with one attached hydrogen (secondary N) is 1. The molecule has 1 fully saturated rings. The minimum Gasteiger partial charge on any atom is -0.393 e. The Hall–Kier alpha value is -1.99. The summed E-state index contributed by atoms with van der Waals surface area (Å²) < 4.78 is 3.93. The number of carbonyl (C=O) groups excluding carboxylic acids is 1. The van der Waals surface area contributed by atoms with Crippen LogP contribution in [0.15, 0.2) is 29.9 Å². The third kappa shape index (κ3) is 3.26. The van der Waals surface area contributed by atoms with Gasteiger partial charge in [0, 0.05) is 23.8 Å². The van der Waals surface area contributed by atoms with Crippen LogP contribution in [0.5, 0.6) is 0 Å². The molecule has 0 bridgehead atoms. The van der Waals surface area contributed by atoms with Crippen LogP contribution in [-0.4, -0.2) is 32.5 Å². The summed E-state index contributed by atoms with van der Waals surface area (Å²) >= 11 is 1.17. The average Bonchev–Trinajstić information content (AvgIpc) is 2.91. The van der Waals surface area contributed by atoms with Crippen molar-refractivity contribution in [3.05, 3.63) is 41.0 Å². The predicted molar refractivity (Wildman–Crippen MR) is 84.5 cm³/mol. The topological polar surface area (TPSA) is 101 Å². The average molecular weight is 318 g/mol. The predicted octanol–water partition coefficient (Wildman–Crippen LogP) is 1.23. The number of aliphatic hydroxyl groups is 1. The summed E-state index contributed by atoms with van der Waals surface area (Å²) in [5, 5.41) is 14.2. The number of pyridine rings is 1. The van der Waals surface area contributed by atoms with Gasteiger partial charge < -0.3 is 16.2 Å². The summed E-state index contributed by atoms with van der Waals surface area (Å²) in [6.45, 7) is 0. The van der Waals surface area contributed by atoms with Gasteiger partial charge in [0.15, 0.2) is 0 Å². The molecule has 1 atom stereocenters. The third-order valence-electron chi connectivity index (χ3n) is 4.08. The molecule has 1 saturated carbocycles. The van der Waals surface area contributed by atoms with Crippen LogP contribution in [0.3, 0.4) is 0 Å². The lowest BCUT2D eigenvalue weighted by Crippen LogP contribution is -2.48. The molecule has 0 unspecified atom stereocenters. The van der Waals surface area contributed by atoms with Crippen molar-refractivity contribution < 1.29 is 9.90 Å². The van der Waals surface area contributed by atoms with Crippen LogP contribution in [0.25, 0.3) is 0 Å². The van der Waals surface area contributed by atoms with E-state index in [2.05, 4.69) is 14.7 Å². The molecule has 116 valence electrons. The number of nitrogens with zero attached hydrogens (tertiary/aromatic N) is 2. The van der Waals surface area contributed by atoms with Gasteiger partial charge in [-0.1, -0.05) is 0 Å². The van der Waals surface area contributed by atoms with Gasteiger partial charge in [-0.3, -0.25) is 9.78 Å². The van der Waals surface area contributed by atoms with Crippen LogP contribution in [0.1, 0.15) is 28.8 Å². The number of amides is 1. The molecule has 0 saturated heterocycles. The van der Waals surface area contributed by atoms with E-state index in [1.165, 1.54) is 11.5 Å². The molecule has 1 amide bonds. The number of aromatic nitrogens is 2. The molecule has 0 spiro atoms. The van der Waals surface area contributed by atoms with E-state index >= 15 is 0 Å². The van der Waals surface area contributed by atoms with E-state index in [4.69, 9.17) is 5.73 Å². The van der Waals surface area contributed by atoms with Gasteiger partial charge in [-0.2, -0.15) is 4.37 Å². The first kappa shape index (κ1) is 14.9.